The van der Waals surface area contributed by atoms with Crippen LogP contribution in [-0.2, 0) is 10.0 Å². The quantitative estimate of drug-likeness (QED) is 0.658. The number of carbonyl (C=O) groups excluding carboxylic acids is 1. The highest BCUT2D eigenvalue weighted by Gasteiger charge is 2.27. The minimum Gasteiger partial charge on any atom is -0.454 e. The predicted octanol–water partition coefficient (Wildman–Crippen LogP) is 4.79. The van der Waals surface area contributed by atoms with Gasteiger partial charge in [0.15, 0.2) is 5.75 Å². The Balaban J connectivity index is 1.70. The second-order valence-electron chi connectivity index (χ2n) is 7.50. The van der Waals surface area contributed by atoms with Gasteiger partial charge >= 0.3 is 0 Å². The van der Waals surface area contributed by atoms with Gasteiger partial charge in [-0.25, -0.2) is 8.42 Å². The molecule has 4 rings (SSSR count). The maximum atomic E-state index is 13.0. The number of hydrogen-bond donors (Lipinski definition) is 1. The Hall–Kier alpha value is -3.32. The van der Waals surface area contributed by atoms with Gasteiger partial charge in [-0.05, 0) is 79.9 Å². The lowest BCUT2D eigenvalue weighted by Gasteiger charge is -2.17. The average molecular weight is 423 g/mol. The molecule has 0 unspecified atom stereocenters. The van der Waals surface area contributed by atoms with Crippen molar-refractivity contribution in [3.05, 3.63) is 76.9 Å². The van der Waals surface area contributed by atoms with Gasteiger partial charge in [0.2, 0.25) is 0 Å². The van der Waals surface area contributed by atoms with Crippen molar-refractivity contribution >= 4 is 27.3 Å². The monoisotopic (exact) mass is 422 g/mol. The maximum Gasteiger partial charge on any atom is 0.261 e. The van der Waals surface area contributed by atoms with E-state index in [1.807, 2.05) is 39.0 Å². The first-order chi connectivity index (χ1) is 14.2. The van der Waals surface area contributed by atoms with Crippen LogP contribution >= 0.6 is 0 Å². The Labute approximate surface area is 176 Å². The van der Waals surface area contributed by atoms with Crippen molar-refractivity contribution in [2.45, 2.75) is 25.7 Å². The second kappa shape index (κ2) is 7.18. The minimum atomic E-state index is -3.79. The SMILES string of the molecule is Cc1ccc2c(c1)N(C)C(=O)c1cc(NS(=O)(=O)c3ccc(C)c(C)c3)ccc1O2. The molecule has 0 aliphatic carbocycles. The molecule has 1 aliphatic rings. The van der Waals surface area contributed by atoms with E-state index in [4.69, 9.17) is 4.74 Å². The molecule has 0 aromatic heterocycles. The Morgan fingerprint density at radius 1 is 0.867 bits per heavy atom. The number of sulfonamides is 1. The zero-order chi connectivity index (χ0) is 21.6. The fraction of sp³-hybridized carbons (Fsp3) is 0.174. The van der Waals surface area contributed by atoms with E-state index in [0.717, 1.165) is 16.7 Å². The van der Waals surface area contributed by atoms with Crippen molar-refractivity contribution in [1.82, 2.24) is 0 Å². The number of anilines is 2. The number of ether oxygens (including phenoxy) is 1. The van der Waals surface area contributed by atoms with Gasteiger partial charge in [-0.3, -0.25) is 9.52 Å². The first-order valence-electron chi connectivity index (χ1n) is 9.46. The second-order valence-corrected chi connectivity index (χ2v) is 9.18. The molecule has 1 heterocycles. The van der Waals surface area contributed by atoms with E-state index in [9.17, 15) is 13.2 Å². The largest absolute Gasteiger partial charge is 0.454 e. The third-order valence-corrected chi connectivity index (χ3v) is 6.63. The Bertz CT molecular complexity index is 1280. The summed E-state index contributed by atoms with van der Waals surface area (Å²) in [5.41, 5.74) is 4.14. The van der Waals surface area contributed by atoms with Crippen molar-refractivity contribution in [1.29, 1.82) is 0 Å². The molecule has 30 heavy (non-hydrogen) atoms. The van der Waals surface area contributed by atoms with E-state index in [1.54, 1.807) is 37.4 Å². The summed E-state index contributed by atoms with van der Waals surface area (Å²) in [5.74, 6) is 0.670. The van der Waals surface area contributed by atoms with Crippen LogP contribution in [0.2, 0.25) is 0 Å². The van der Waals surface area contributed by atoms with Crippen LogP contribution in [0.25, 0.3) is 0 Å². The Morgan fingerprint density at radius 3 is 2.33 bits per heavy atom. The van der Waals surface area contributed by atoms with Crippen LogP contribution < -0.4 is 14.4 Å². The summed E-state index contributed by atoms with van der Waals surface area (Å²) in [7, 11) is -2.12. The van der Waals surface area contributed by atoms with E-state index in [-0.39, 0.29) is 16.4 Å². The number of hydrogen-bond acceptors (Lipinski definition) is 4. The van der Waals surface area contributed by atoms with Crippen LogP contribution in [0.3, 0.4) is 0 Å². The summed E-state index contributed by atoms with van der Waals surface area (Å²) in [5, 5.41) is 0. The van der Waals surface area contributed by atoms with E-state index < -0.39 is 10.0 Å². The van der Waals surface area contributed by atoms with Crippen LogP contribution in [0.15, 0.2) is 59.5 Å². The molecule has 154 valence electrons. The van der Waals surface area contributed by atoms with Crippen LogP contribution in [0.4, 0.5) is 11.4 Å². The molecule has 1 amide bonds. The van der Waals surface area contributed by atoms with Crippen LogP contribution in [0.1, 0.15) is 27.0 Å². The summed E-state index contributed by atoms with van der Waals surface area (Å²) in [6.45, 7) is 5.73. The highest BCUT2D eigenvalue weighted by molar-refractivity contribution is 7.92. The van der Waals surface area contributed by atoms with Crippen molar-refractivity contribution in [3.63, 3.8) is 0 Å². The number of fused-ring (bicyclic) bond motifs is 2. The summed E-state index contributed by atoms with van der Waals surface area (Å²) in [6.07, 6.45) is 0. The third kappa shape index (κ3) is 3.52. The third-order valence-electron chi connectivity index (χ3n) is 5.25. The lowest BCUT2D eigenvalue weighted by molar-refractivity contribution is 0.0993. The molecule has 0 saturated heterocycles. The van der Waals surface area contributed by atoms with E-state index in [2.05, 4.69) is 4.72 Å². The minimum absolute atomic E-state index is 0.170. The molecule has 1 aliphatic heterocycles. The molecule has 7 heteroatoms. The number of aryl methyl sites for hydroxylation is 3. The highest BCUT2D eigenvalue weighted by atomic mass is 32.2. The highest BCUT2D eigenvalue weighted by Crippen LogP contribution is 2.39. The number of benzene rings is 3. The molecule has 0 saturated carbocycles. The lowest BCUT2D eigenvalue weighted by Crippen LogP contribution is -2.25. The van der Waals surface area contributed by atoms with Gasteiger partial charge in [0, 0.05) is 12.7 Å². The summed E-state index contributed by atoms with van der Waals surface area (Å²) in [6, 6.07) is 15.3. The molecular weight excluding hydrogens is 400 g/mol. The van der Waals surface area contributed by atoms with Gasteiger partial charge in [0.05, 0.1) is 16.1 Å². The standard InChI is InChI=1S/C23H22N2O4S/c1-14-5-9-22-20(11-14)25(4)23(26)19-13-17(7-10-21(19)29-22)24-30(27,28)18-8-6-15(2)16(3)12-18/h5-13,24H,1-4H3. The first-order valence-corrected chi connectivity index (χ1v) is 10.9. The molecule has 0 radical (unpaired) electrons. The number of nitrogens with one attached hydrogen (secondary N) is 1. The lowest BCUT2D eigenvalue weighted by atomic mass is 10.1. The fourth-order valence-corrected chi connectivity index (χ4v) is 4.46. The van der Waals surface area contributed by atoms with Crippen LogP contribution in [-0.4, -0.2) is 21.4 Å². The molecule has 0 spiro atoms. The molecule has 0 fully saturated rings. The van der Waals surface area contributed by atoms with E-state index >= 15 is 0 Å². The van der Waals surface area contributed by atoms with Gasteiger partial charge in [-0.2, -0.15) is 0 Å². The molecule has 1 N–H and O–H groups in total. The summed E-state index contributed by atoms with van der Waals surface area (Å²) >= 11 is 0. The molecule has 6 nitrogen and oxygen atoms in total. The predicted molar refractivity (Wildman–Crippen MR) is 117 cm³/mol. The Morgan fingerprint density at radius 2 is 1.60 bits per heavy atom. The van der Waals surface area contributed by atoms with Gasteiger partial charge in [-0.1, -0.05) is 12.1 Å². The van der Waals surface area contributed by atoms with Crippen molar-refractivity contribution in [2.24, 2.45) is 0 Å². The molecular formula is C23H22N2O4S. The zero-order valence-electron chi connectivity index (χ0n) is 17.2. The topological polar surface area (TPSA) is 75.7 Å². The summed E-state index contributed by atoms with van der Waals surface area (Å²) in [4.78, 5) is 14.7. The van der Waals surface area contributed by atoms with Crippen molar-refractivity contribution in [2.75, 3.05) is 16.7 Å². The molecule has 0 bridgehead atoms. The fourth-order valence-electron chi connectivity index (χ4n) is 3.33. The van der Waals surface area contributed by atoms with E-state index in [1.165, 1.54) is 11.0 Å². The molecule has 3 aromatic carbocycles. The van der Waals surface area contributed by atoms with Crippen LogP contribution in [0, 0.1) is 20.8 Å². The number of carbonyl (C=O) groups is 1. The van der Waals surface area contributed by atoms with Gasteiger partial charge in [0.1, 0.15) is 5.75 Å². The first kappa shape index (κ1) is 20.0. The van der Waals surface area contributed by atoms with Gasteiger partial charge < -0.3 is 9.64 Å². The Kier molecular flexibility index (Phi) is 4.78. The van der Waals surface area contributed by atoms with Crippen molar-refractivity contribution in [3.8, 4) is 11.5 Å². The van der Waals surface area contributed by atoms with Gasteiger partial charge in [-0.15, -0.1) is 0 Å². The zero-order valence-corrected chi connectivity index (χ0v) is 18.0. The summed E-state index contributed by atoms with van der Waals surface area (Å²) < 4.78 is 34.2. The molecule has 3 aromatic rings. The number of amides is 1. The number of nitrogens with zero attached hydrogens (tertiary/aromatic N) is 1. The van der Waals surface area contributed by atoms with Crippen LogP contribution in [0.5, 0.6) is 11.5 Å². The normalized spacial score (nSPS) is 13.2. The maximum absolute atomic E-state index is 13.0. The van der Waals surface area contributed by atoms with Crippen molar-refractivity contribution < 1.29 is 17.9 Å². The van der Waals surface area contributed by atoms with E-state index in [0.29, 0.717) is 22.9 Å². The average Bonchev–Trinajstić information content (AvgIpc) is 2.79. The van der Waals surface area contributed by atoms with Gasteiger partial charge in [0.25, 0.3) is 15.9 Å². The molecule has 0 atom stereocenters. The smallest absolute Gasteiger partial charge is 0.261 e. The number of rotatable bonds is 3.